The smallest absolute Gasteiger partial charge is 0.238 e. The lowest BCUT2D eigenvalue weighted by atomic mass is 10.1. The van der Waals surface area contributed by atoms with Crippen molar-refractivity contribution in [2.45, 2.75) is 19.1 Å². The molecule has 1 aromatic rings. The first kappa shape index (κ1) is 14.2. The molecule has 4 nitrogen and oxygen atoms in total. The molecular formula is C14H21N3OS. The van der Waals surface area contributed by atoms with Crippen LogP contribution in [0.1, 0.15) is 12.5 Å². The van der Waals surface area contributed by atoms with Gasteiger partial charge in [-0.3, -0.25) is 9.69 Å². The van der Waals surface area contributed by atoms with Crippen molar-refractivity contribution in [2.24, 2.45) is 0 Å². The lowest BCUT2D eigenvalue weighted by molar-refractivity contribution is -0.117. The van der Waals surface area contributed by atoms with Crippen molar-refractivity contribution in [3.8, 4) is 0 Å². The van der Waals surface area contributed by atoms with Crippen molar-refractivity contribution in [1.29, 1.82) is 0 Å². The highest BCUT2D eigenvalue weighted by atomic mass is 32.2. The fraction of sp³-hybridized carbons (Fsp3) is 0.500. The van der Waals surface area contributed by atoms with Crippen molar-refractivity contribution in [2.75, 3.05) is 36.4 Å². The second-order valence-corrected chi connectivity index (χ2v) is 6.55. The Morgan fingerprint density at radius 3 is 3.05 bits per heavy atom. The molecule has 1 aliphatic heterocycles. The van der Waals surface area contributed by atoms with E-state index in [0.717, 1.165) is 30.1 Å². The summed E-state index contributed by atoms with van der Waals surface area (Å²) in [6.07, 6.45) is 0. The molecule has 1 heterocycles. The molecule has 1 unspecified atom stereocenters. The fourth-order valence-corrected chi connectivity index (χ4v) is 3.36. The second-order valence-electron chi connectivity index (χ2n) is 5.00. The molecule has 0 radical (unpaired) electrons. The summed E-state index contributed by atoms with van der Waals surface area (Å²) < 4.78 is 0. The van der Waals surface area contributed by atoms with Crippen molar-refractivity contribution in [3.63, 3.8) is 0 Å². The second kappa shape index (κ2) is 6.30. The van der Waals surface area contributed by atoms with Gasteiger partial charge in [-0.1, -0.05) is 19.1 Å². The maximum Gasteiger partial charge on any atom is 0.238 e. The van der Waals surface area contributed by atoms with Crippen LogP contribution in [0.15, 0.2) is 18.2 Å². The number of rotatable bonds is 3. The molecule has 1 atom stereocenters. The van der Waals surface area contributed by atoms with Crippen LogP contribution in [0.3, 0.4) is 0 Å². The van der Waals surface area contributed by atoms with Crippen LogP contribution in [0.25, 0.3) is 0 Å². The third-order valence-corrected chi connectivity index (χ3v) is 4.40. The van der Waals surface area contributed by atoms with Gasteiger partial charge in [0.1, 0.15) is 0 Å². The number of hydrogen-bond donors (Lipinski definition) is 2. The molecule has 1 saturated heterocycles. The zero-order chi connectivity index (χ0) is 13.8. The Labute approximate surface area is 118 Å². The summed E-state index contributed by atoms with van der Waals surface area (Å²) in [5.74, 6) is 1.11. The molecule has 0 spiro atoms. The van der Waals surface area contributed by atoms with Gasteiger partial charge in [-0.15, -0.1) is 0 Å². The van der Waals surface area contributed by atoms with E-state index in [9.17, 15) is 4.79 Å². The van der Waals surface area contributed by atoms with E-state index < -0.39 is 0 Å². The maximum absolute atomic E-state index is 12.1. The van der Waals surface area contributed by atoms with Gasteiger partial charge in [0.25, 0.3) is 0 Å². The van der Waals surface area contributed by atoms with Gasteiger partial charge in [-0.25, -0.2) is 0 Å². The third-order valence-electron chi connectivity index (χ3n) is 3.26. The maximum atomic E-state index is 12.1. The van der Waals surface area contributed by atoms with Gasteiger partial charge in [-0.2, -0.15) is 11.8 Å². The average molecular weight is 279 g/mol. The number of thioether (sulfide) groups is 1. The molecule has 1 aromatic carbocycles. The highest BCUT2D eigenvalue weighted by molar-refractivity contribution is 7.99. The van der Waals surface area contributed by atoms with Gasteiger partial charge in [0, 0.05) is 24.1 Å². The number of hydrogen-bond acceptors (Lipinski definition) is 4. The monoisotopic (exact) mass is 279 g/mol. The summed E-state index contributed by atoms with van der Waals surface area (Å²) in [5.41, 5.74) is 8.25. The minimum atomic E-state index is 0.0140. The third kappa shape index (κ3) is 3.88. The topological polar surface area (TPSA) is 58.4 Å². The van der Waals surface area contributed by atoms with E-state index in [2.05, 4.69) is 17.1 Å². The Balaban J connectivity index is 1.94. The summed E-state index contributed by atoms with van der Waals surface area (Å²) in [6, 6.07) is 5.65. The van der Waals surface area contributed by atoms with Crippen LogP contribution in [0.2, 0.25) is 0 Å². The van der Waals surface area contributed by atoms with Gasteiger partial charge in [0.2, 0.25) is 5.91 Å². The highest BCUT2D eigenvalue weighted by Crippen LogP contribution is 2.22. The van der Waals surface area contributed by atoms with E-state index in [-0.39, 0.29) is 5.91 Å². The number of benzene rings is 1. The number of nitrogen functional groups attached to an aromatic ring is 1. The number of carbonyl (C=O) groups is 1. The van der Waals surface area contributed by atoms with Crippen molar-refractivity contribution in [3.05, 3.63) is 23.8 Å². The van der Waals surface area contributed by atoms with Gasteiger partial charge in [0.15, 0.2) is 0 Å². The number of nitrogens with two attached hydrogens (primary N) is 1. The number of aryl methyl sites for hydroxylation is 1. The first-order valence-corrected chi connectivity index (χ1v) is 7.60. The molecule has 2 rings (SSSR count). The zero-order valence-electron chi connectivity index (χ0n) is 11.5. The summed E-state index contributed by atoms with van der Waals surface area (Å²) >= 11 is 1.96. The van der Waals surface area contributed by atoms with Crippen molar-refractivity contribution >= 4 is 29.0 Å². The van der Waals surface area contributed by atoms with Gasteiger partial charge >= 0.3 is 0 Å². The molecule has 0 bridgehead atoms. The lowest BCUT2D eigenvalue weighted by Gasteiger charge is -2.29. The van der Waals surface area contributed by atoms with Crippen LogP contribution in [0.5, 0.6) is 0 Å². The predicted molar refractivity (Wildman–Crippen MR) is 82.6 cm³/mol. The average Bonchev–Trinajstić information content (AvgIpc) is 2.34. The molecular weight excluding hydrogens is 258 g/mol. The van der Waals surface area contributed by atoms with E-state index in [1.807, 2.05) is 36.9 Å². The number of anilines is 2. The first-order valence-electron chi connectivity index (χ1n) is 6.55. The normalized spacial score (nSPS) is 20.2. The lowest BCUT2D eigenvalue weighted by Crippen LogP contribution is -2.41. The largest absolute Gasteiger partial charge is 0.397 e. The quantitative estimate of drug-likeness (QED) is 0.830. The Morgan fingerprint density at radius 2 is 2.37 bits per heavy atom. The van der Waals surface area contributed by atoms with E-state index >= 15 is 0 Å². The molecule has 19 heavy (non-hydrogen) atoms. The summed E-state index contributed by atoms with van der Waals surface area (Å²) in [6.45, 7) is 6.55. The van der Waals surface area contributed by atoms with E-state index in [1.54, 1.807) is 0 Å². The summed E-state index contributed by atoms with van der Waals surface area (Å²) in [5, 5.41) is 3.53. The van der Waals surface area contributed by atoms with Crippen molar-refractivity contribution < 1.29 is 4.79 Å². The molecule has 104 valence electrons. The SMILES string of the molecule is Cc1cccc(N)c1NC(=O)CN1CCSC(C)C1. The predicted octanol–water partition coefficient (Wildman–Crippen LogP) is 1.95. The Hall–Kier alpha value is -1.20. The first-order chi connectivity index (χ1) is 9.06. The van der Waals surface area contributed by atoms with Crippen LogP contribution in [0, 0.1) is 6.92 Å². The molecule has 0 aliphatic carbocycles. The Morgan fingerprint density at radius 1 is 1.58 bits per heavy atom. The van der Waals surface area contributed by atoms with Gasteiger partial charge in [-0.05, 0) is 18.6 Å². The Kier molecular flexibility index (Phi) is 4.71. The molecule has 1 amide bonds. The standard InChI is InChI=1S/C14H21N3OS/c1-10-4-3-5-12(15)14(10)16-13(18)9-17-6-7-19-11(2)8-17/h3-5,11H,6-9,15H2,1-2H3,(H,16,18). The highest BCUT2D eigenvalue weighted by Gasteiger charge is 2.19. The Bertz CT molecular complexity index is 444. The minimum absolute atomic E-state index is 0.0140. The van der Waals surface area contributed by atoms with Crippen LogP contribution in [-0.4, -0.2) is 41.4 Å². The van der Waals surface area contributed by atoms with E-state index in [1.165, 1.54) is 0 Å². The number of carbonyl (C=O) groups excluding carboxylic acids is 1. The van der Waals surface area contributed by atoms with Crippen molar-refractivity contribution in [1.82, 2.24) is 4.90 Å². The summed E-state index contributed by atoms with van der Waals surface area (Å²) in [7, 11) is 0. The molecule has 0 aromatic heterocycles. The van der Waals surface area contributed by atoms with Crippen LogP contribution in [0.4, 0.5) is 11.4 Å². The zero-order valence-corrected chi connectivity index (χ0v) is 12.3. The molecule has 1 fully saturated rings. The molecule has 0 saturated carbocycles. The van der Waals surface area contributed by atoms with E-state index in [0.29, 0.717) is 17.5 Å². The molecule has 5 heteroatoms. The number of para-hydroxylation sites is 1. The number of nitrogens with one attached hydrogen (secondary N) is 1. The van der Waals surface area contributed by atoms with E-state index in [4.69, 9.17) is 5.73 Å². The van der Waals surface area contributed by atoms with Gasteiger partial charge in [0.05, 0.1) is 17.9 Å². The molecule has 1 aliphatic rings. The summed E-state index contributed by atoms with van der Waals surface area (Å²) in [4.78, 5) is 14.3. The fourth-order valence-electron chi connectivity index (χ4n) is 2.28. The number of amides is 1. The van der Waals surface area contributed by atoms with Crippen LogP contribution in [-0.2, 0) is 4.79 Å². The van der Waals surface area contributed by atoms with Gasteiger partial charge < -0.3 is 11.1 Å². The van der Waals surface area contributed by atoms with Crippen LogP contribution >= 0.6 is 11.8 Å². The van der Waals surface area contributed by atoms with Crippen LogP contribution < -0.4 is 11.1 Å². The number of nitrogens with zero attached hydrogens (tertiary/aromatic N) is 1. The minimum Gasteiger partial charge on any atom is -0.397 e. The molecule has 3 N–H and O–H groups in total.